The van der Waals surface area contributed by atoms with Gasteiger partial charge in [-0.05, 0) is 55.6 Å². The largest absolute Gasteiger partial charge is 0.385 e. The Morgan fingerprint density at radius 3 is 2.26 bits per heavy atom. The highest BCUT2D eigenvalue weighted by Crippen LogP contribution is 2.45. The molecule has 1 N–H and O–H groups in total. The summed E-state index contributed by atoms with van der Waals surface area (Å²) in [5, 5.41) is 11.2. The van der Waals surface area contributed by atoms with E-state index in [0.29, 0.717) is 11.8 Å². The van der Waals surface area contributed by atoms with Gasteiger partial charge in [-0.25, -0.2) is 0 Å². The molecule has 104 valence electrons. The first-order valence-electron chi connectivity index (χ1n) is 8.01. The molecular weight excluding hydrogens is 232 g/mol. The second-order valence-electron chi connectivity index (χ2n) is 6.70. The Morgan fingerprint density at radius 1 is 0.947 bits per heavy atom. The van der Waals surface area contributed by atoms with Crippen LogP contribution in [0, 0.1) is 5.92 Å². The van der Waals surface area contributed by atoms with E-state index in [1.165, 1.54) is 62.5 Å². The van der Waals surface area contributed by atoms with E-state index in [9.17, 15) is 5.11 Å². The maximum atomic E-state index is 11.2. The van der Waals surface area contributed by atoms with Crippen LogP contribution in [0.3, 0.4) is 0 Å². The summed E-state index contributed by atoms with van der Waals surface area (Å²) in [5.41, 5.74) is 2.00. The van der Waals surface area contributed by atoms with Gasteiger partial charge in [-0.3, -0.25) is 0 Å². The van der Waals surface area contributed by atoms with E-state index in [-0.39, 0.29) is 0 Å². The van der Waals surface area contributed by atoms with Crippen LogP contribution < -0.4 is 0 Å². The molecular formula is C18H26O. The Morgan fingerprint density at radius 2 is 1.63 bits per heavy atom. The maximum Gasteiger partial charge on any atom is 0.0899 e. The summed E-state index contributed by atoms with van der Waals surface area (Å²) in [6.45, 7) is 2.06. The van der Waals surface area contributed by atoms with Crippen molar-refractivity contribution in [2.45, 2.75) is 69.8 Å². The molecule has 1 heteroatoms. The summed E-state index contributed by atoms with van der Waals surface area (Å²) >= 11 is 0. The number of benzene rings is 1. The van der Waals surface area contributed by atoms with E-state index in [4.69, 9.17) is 0 Å². The molecule has 1 unspecified atom stereocenters. The summed E-state index contributed by atoms with van der Waals surface area (Å²) < 4.78 is 0. The van der Waals surface area contributed by atoms with Gasteiger partial charge in [-0.1, -0.05) is 49.9 Å². The summed E-state index contributed by atoms with van der Waals surface area (Å²) in [6.07, 6.45) is 10.2. The summed E-state index contributed by atoms with van der Waals surface area (Å²) in [6, 6.07) is 8.64. The minimum atomic E-state index is -0.632. The quantitative estimate of drug-likeness (QED) is 0.830. The van der Waals surface area contributed by atoms with Gasteiger partial charge in [0.1, 0.15) is 0 Å². The zero-order valence-corrected chi connectivity index (χ0v) is 12.1. The van der Waals surface area contributed by atoms with E-state index in [0.717, 1.165) is 0 Å². The minimum absolute atomic E-state index is 0.447. The fraction of sp³-hybridized carbons (Fsp3) is 0.667. The Kier molecular flexibility index (Phi) is 3.66. The molecule has 0 aromatic heterocycles. The van der Waals surface area contributed by atoms with E-state index < -0.39 is 5.60 Å². The van der Waals surface area contributed by atoms with Gasteiger partial charge in [-0.15, -0.1) is 0 Å². The van der Waals surface area contributed by atoms with Gasteiger partial charge in [0.15, 0.2) is 0 Å². The van der Waals surface area contributed by atoms with Crippen LogP contribution in [-0.2, 0) is 5.60 Å². The van der Waals surface area contributed by atoms with Crippen LogP contribution in [0.15, 0.2) is 24.3 Å². The van der Waals surface area contributed by atoms with Crippen molar-refractivity contribution in [2.75, 3.05) is 0 Å². The van der Waals surface area contributed by atoms with E-state index >= 15 is 0 Å². The maximum absolute atomic E-state index is 11.2. The average Bonchev–Trinajstić information content (AvgIpc) is 2.38. The van der Waals surface area contributed by atoms with Gasteiger partial charge in [0, 0.05) is 0 Å². The van der Waals surface area contributed by atoms with E-state index in [1.807, 2.05) is 0 Å². The number of rotatable bonds is 3. The molecule has 2 aliphatic carbocycles. The SMILES string of the molecule is CC(O)(c1ccccc1C1CCC1)C1CCCCC1. The fourth-order valence-corrected chi connectivity index (χ4v) is 3.92. The molecule has 0 amide bonds. The van der Waals surface area contributed by atoms with Crippen molar-refractivity contribution in [3.63, 3.8) is 0 Å². The topological polar surface area (TPSA) is 20.2 Å². The Balaban J connectivity index is 1.90. The third-order valence-electron chi connectivity index (χ3n) is 5.45. The summed E-state index contributed by atoms with van der Waals surface area (Å²) in [7, 11) is 0. The molecule has 0 spiro atoms. The van der Waals surface area contributed by atoms with Crippen LogP contribution in [0.5, 0.6) is 0 Å². The van der Waals surface area contributed by atoms with Crippen molar-refractivity contribution in [1.29, 1.82) is 0 Å². The first-order chi connectivity index (χ1) is 9.19. The zero-order valence-electron chi connectivity index (χ0n) is 12.1. The molecule has 0 aliphatic heterocycles. The second-order valence-corrected chi connectivity index (χ2v) is 6.70. The third kappa shape index (κ3) is 2.45. The summed E-state index contributed by atoms with van der Waals surface area (Å²) in [5.74, 6) is 1.15. The van der Waals surface area contributed by atoms with Gasteiger partial charge in [-0.2, -0.15) is 0 Å². The van der Waals surface area contributed by atoms with E-state index in [2.05, 4.69) is 31.2 Å². The molecule has 2 aliphatic rings. The fourth-order valence-electron chi connectivity index (χ4n) is 3.92. The second kappa shape index (κ2) is 5.28. The molecule has 1 aromatic rings. The third-order valence-corrected chi connectivity index (χ3v) is 5.45. The molecule has 0 heterocycles. The van der Waals surface area contributed by atoms with Crippen molar-refractivity contribution >= 4 is 0 Å². The standard InChI is InChI=1S/C18H26O/c1-18(19,15-10-3-2-4-11-15)17-13-6-5-12-16(17)14-8-7-9-14/h5-6,12-15,19H,2-4,7-11H2,1H3. The van der Waals surface area contributed by atoms with Gasteiger partial charge in [0.25, 0.3) is 0 Å². The molecule has 0 bridgehead atoms. The lowest BCUT2D eigenvalue weighted by Crippen LogP contribution is -2.35. The number of hydrogen-bond donors (Lipinski definition) is 1. The molecule has 1 nitrogen and oxygen atoms in total. The highest BCUT2D eigenvalue weighted by atomic mass is 16.3. The predicted octanol–water partition coefficient (Wildman–Crippen LogP) is 4.74. The Labute approximate surface area is 117 Å². The van der Waals surface area contributed by atoms with Crippen molar-refractivity contribution in [2.24, 2.45) is 5.92 Å². The number of hydrogen-bond acceptors (Lipinski definition) is 1. The van der Waals surface area contributed by atoms with Gasteiger partial charge in [0.05, 0.1) is 5.60 Å². The first kappa shape index (κ1) is 13.2. The Bertz CT molecular complexity index is 425. The van der Waals surface area contributed by atoms with Crippen LogP contribution in [0.4, 0.5) is 0 Å². The minimum Gasteiger partial charge on any atom is -0.385 e. The molecule has 2 fully saturated rings. The van der Waals surface area contributed by atoms with Crippen LogP contribution in [-0.4, -0.2) is 5.11 Å². The molecule has 0 saturated heterocycles. The van der Waals surface area contributed by atoms with Crippen LogP contribution in [0.2, 0.25) is 0 Å². The normalized spacial score (nSPS) is 24.7. The van der Waals surface area contributed by atoms with Crippen molar-refractivity contribution < 1.29 is 5.11 Å². The number of aliphatic hydroxyl groups is 1. The van der Waals surface area contributed by atoms with Gasteiger partial charge < -0.3 is 5.11 Å². The average molecular weight is 258 g/mol. The van der Waals surface area contributed by atoms with Gasteiger partial charge in [0.2, 0.25) is 0 Å². The van der Waals surface area contributed by atoms with E-state index in [1.54, 1.807) is 0 Å². The molecule has 1 atom stereocenters. The predicted molar refractivity (Wildman–Crippen MR) is 79.2 cm³/mol. The smallest absolute Gasteiger partial charge is 0.0899 e. The highest BCUT2D eigenvalue weighted by molar-refractivity contribution is 5.36. The molecule has 1 aromatic carbocycles. The highest BCUT2D eigenvalue weighted by Gasteiger charge is 2.37. The van der Waals surface area contributed by atoms with Crippen molar-refractivity contribution in [3.8, 4) is 0 Å². The first-order valence-corrected chi connectivity index (χ1v) is 8.01. The molecule has 19 heavy (non-hydrogen) atoms. The monoisotopic (exact) mass is 258 g/mol. The lowest BCUT2D eigenvalue weighted by atomic mass is 9.69. The molecule has 3 rings (SSSR count). The zero-order chi connectivity index (χ0) is 13.3. The van der Waals surface area contributed by atoms with Crippen LogP contribution in [0.1, 0.15) is 75.3 Å². The Hall–Kier alpha value is -0.820. The van der Waals surface area contributed by atoms with Gasteiger partial charge >= 0.3 is 0 Å². The molecule has 0 radical (unpaired) electrons. The lowest BCUT2D eigenvalue weighted by molar-refractivity contribution is -0.0227. The van der Waals surface area contributed by atoms with Crippen LogP contribution >= 0.6 is 0 Å². The van der Waals surface area contributed by atoms with Crippen LogP contribution in [0.25, 0.3) is 0 Å². The van der Waals surface area contributed by atoms with Crippen molar-refractivity contribution in [1.82, 2.24) is 0 Å². The lowest BCUT2D eigenvalue weighted by Gasteiger charge is -2.39. The van der Waals surface area contributed by atoms with Crippen molar-refractivity contribution in [3.05, 3.63) is 35.4 Å². The molecule has 2 saturated carbocycles. The summed E-state index contributed by atoms with van der Waals surface area (Å²) in [4.78, 5) is 0.